The van der Waals surface area contributed by atoms with Crippen LogP contribution in [0.3, 0.4) is 0 Å². The van der Waals surface area contributed by atoms with Gasteiger partial charge in [0.05, 0.1) is 29.4 Å². The summed E-state index contributed by atoms with van der Waals surface area (Å²) in [6, 6.07) is 22.6. The normalized spacial score (nSPS) is 14.9. The van der Waals surface area contributed by atoms with Crippen molar-refractivity contribution in [1.29, 1.82) is 0 Å². The molecule has 2 atom stereocenters. The van der Waals surface area contributed by atoms with E-state index in [4.69, 9.17) is 9.47 Å². The van der Waals surface area contributed by atoms with Gasteiger partial charge in [-0.1, -0.05) is 54.6 Å². The van der Waals surface area contributed by atoms with E-state index in [1.54, 1.807) is 48.5 Å². The summed E-state index contributed by atoms with van der Waals surface area (Å²) in [6.45, 7) is 1.28. The molecule has 2 unspecified atom stereocenters. The second-order valence-electron chi connectivity index (χ2n) is 8.16. The Kier molecular flexibility index (Phi) is 7.60. The highest BCUT2D eigenvalue weighted by atomic mass is 16.5. The molecule has 1 heterocycles. The molecule has 36 heavy (non-hydrogen) atoms. The molecule has 9 nitrogen and oxygen atoms in total. The number of benzene rings is 3. The maximum Gasteiger partial charge on any atom is 0.310 e. The number of nitrogens with one attached hydrogen (secondary N) is 3. The minimum Gasteiger partial charge on any atom is -0.478 e. The molecule has 0 spiro atoms. The third-order valence-electron chi connectivity index (χ3n) is 5.52. The molecule has 0 saturated carbocycles. The Labute approximate surface area is 207 Å². The average Bonchev–Trinajstić information content (AvgIpc) is 2.88. The molecule has 4 rings (SSSR count). The second-order valence-corrected chi connectivity index (χ2v) is 8.16. The molecule has 1 aliphatic rings. The first-order valence-corrected chi connectivity index (χ1v) is 11.4. The van der Waals surface area contributed by atoms with Crippen LogP contribution in [0.1, 0.15) is 35.3 Å². The fraction of sp³-hybridized carbons (Fsp3) is 0.185. The van der Waals surface area contributed by atoms with E-state index in [9.17, 15) is 19.2 Å². The summed E-state index contributed by atoms with van der Waals surface area (Å²) >= 11 is 0. The fourth-order valence-electron chi connectivity index (χ4n) is 3.66. The molecular weight excluding hydrogens is 462 g/mol. The van der Waals surface area contributed by atoms with Crippen LogP contribution in [0, 0.1) is 0 Å². The number of anilines is 2. The Morgan fingerprint density at radius 1 is 0.972 bits per heavy atom. The molecule has 0 radical (unpaired) electrons. The molecular formula is C27H25N3O6. The lowest BCUT2D eigenvalue weighted by Crippen LogP contribution is -2.39. The molecule has 1 aliphatic heterocycles. The Morgan fingerprint density at radius 2 is 1.67 bits per heavy atom. The third kappa shape index (κ3) is 6.06. The zero-order valence-electron chi connectivity index (χ0n) is 19.5. The molecule has 0 aromatic heterocycles. The summed E-state index contributed by atoms with van der Waals surface area (Å²) in [5.41, 5.74) is 2.01. The van der Waals surface area contributed by atoms with E-state index >= 15 is 0 Å². The van der Waals surface area contributed by atoms with Gasteiger partial charge in [0.15, 0.2) is 12.7 Å². The lowest BCUT2D eigenvalue weighted by Gasteiger charge is -2.25. The van der Waals surface area contributed by atoms with Gasteiger partial charge < -0.3 is 25.4 Å². The van der Waals surface area contributed by atoms with Gasteiger partial charge in [0.1, 0.15) is 5.75 Å². The predicted octanol–water partition coefficient (Wildman–Crippen LogP) is 3.45. The Balaban J connectivity index is 1.30. The monoisotopic (exact) mass is 487 g/mol. The quantitative estimate of drug-likeness (QED) is 0.418. The first kappa shape index (κ1) is 24.5. The topological polar surface area (TPSA) is 123 Å². The van der Waals surface area contributed by atoms with E-state index in [1.807, 2.05) is 37.3 Å². The van der Waals surface area contributed by atoms with Crippen LogP contribution in [0.2, 0.25) is 0 Å². The van der Waals surface area contributed by atoms with Gasteiger partial charge in [0.25, 0.3) is 17.7 Å². The summed E-state index contributed by atoms with van der Waals surface area (Å²) in [7, 11) is 0. The number of hydrogen-bond donors (Lipinski definition) is 3. The van der Waals surface area contributed by atoms with Gasteiger partial charge in [-0.3, -0.25) is 19.2 Å². The predicted molar refractivity (Wildman–Crippen MR) is 132 cm³/mol. The van der Waals surface area contributed by atoms with Crippen LogP contribution in [0.25, 0.3) is 0 Å². The molecule has 3 aromatic carbocycles. The number of ether oxygens (including phenoxy) is 2. The Morgan fingerprint density at radius 3 is 2.47 bits per heavy atom. The van der Waals surface area contributed by atoms with Crippen LogP contribution in [0.4, 0.5) is 11.4 Å². The number of rotatable bonds is 8. The molecule has 3 amide bonds. The zero-order chi connectivity index (χ0) is 25.5. The van der Waals surface area contributed by atoms with E-state index < -0.39 is 30.5 Å². The number of carbonyl (C=O) groups is 4. The van der Waals surface area contributed by atoms with Crippen molar-refractivity contribution in [2.75, 3.05) is 17.2 Å². The number of para-hydroxylation sites is 3. The summed E-state index contributed by atoms with van der Waals surface area (Å²) in [5, 5.41) is 8.17. The molecule has 0 bridgehead atoms. The smallest absolute Gasteiger partial charge is 0.310 e. The number of carbonyl (C=O) groups excluding carboxylic acids is 4. The van der Waals surface area contributed by atoms with Crippen LogP contribution in [0.15, 0.2) is 78.9 Å². The summed E-state index contributed by atoms with van der Waals surface area (Å²) in [5.74, 6) is -1.78. The van der Waals surface area contributed by atoms with Crippen molar-refractivity contribution in [2.24, 2.45) is 0 Å². The lowest BCUT2D eigenvalue weighted by atomic mass is 10.1. The van der Waals surface area contributed by atoms with E-state index in [1.165, 1.54) is 0 Å². The van der Waals surface area contributed by atoms with Gasteiger partial charge in [0, 0.05) is 0 Å². The average molecular weight is 488 g/mol. The molecule has 3 aromatic rings. The highest BCUT2D eigenvalue weighted by Crippen LogP contribution is 2.29. The standard InChI is InChI=1S/C27H25N3O6/c1-17(18-9-3-2-4-10-18)28-26(33)19-11-5-6-12-20(19)29-24(31)16-35-25(32)15-23-27(34)30-21-13-7-8-14-22(21)36-23/h2-14,17,23H,15-16H2,1H3,(H,28,33)(H,29,31)(H,30,34). The first-order chi connectivity index (χ1) is 17.4. The van der Waals surface area contributed by atoms with Gasteiger partial charge in [-0.15, -0.1) is 0 Å². The van der Waals surface area contributed by atoms with Crippen LogP contribution in [-0.4, -0.2) is 36.4 Å². The van der Waals surface area contributed by atoms with Crippen LogP contribution < -0.4 is 20.7 Å². The van der Waals surface area contributed by atoms with Gasteiger partial charge >= 0.3 is 5.97 Å². The van der Waals surface area contributed by atoms with Crippen molar-refractivity contribution in [3.8, 4) is 5.75 Å². The summed E-state index contributed by atoms with van der Waals surface area (Å²) < 4.78 is 10.6. The summed E-state index contributed by atoms with van der Waals surface area (Å²) in [4.78, 5) is 49.7. The maximum atomic E-state index is 12.8. The van der Waals surface area contributed by atoms with Crippen molar-refractivity contribution in [2.45, 2.75) is 25.5 Å². The lowest BCUT2D eigenvalue weighted by molar-refractivity contribution is -0.150. The zero-order valence-corrected chi connectivity index (χ0v) is 19.5. The minimum absolute atomic E-state index is 0.241. The number of amides is 3. The van der Waals surface area contributed by atoms with E-state index in [0.717, 1.165) is 5.56 Å². The van der Waals surface area contributed by atoms with Crippen molar-refractivity contribution in [1.82, 2.24) is 5.32 Å². The van der Waals surface area contributed by atoms with Gasteiger partial charge in [0.2, 0.25) is 0 Å². The van der Waals surface area contributed by atoms with Crippen molar-refractivity contribution in [3.63, 3.8) is 0 Å². The molecule has 3 N–H and O–H groups in total. The minimum atomic E-state index is -1.06. The maximum absolute atomic E-state index is 12.8. The summed E-state index contributed by atoms with van der Waals surface area (Å²) in [6.07, 6.45) is -1.42. The molecule has 9 heteroatoms. The van der Waals surface area contributed by atoms with E-state index in [-0.39, 0.29) is 29.6 Å². The van der Waals surface area contributed by atoms with Crippen molar-refractivity contribution in [3.05, 3.63) is 90.0 Å². The number of esters is 1. The number of fused-ring (bicyclic) bond motifs is 1. The van der Waals surface area contributed by atoms with Crippen LogP contribution >= 0.6 is 0 Å². The van der Waals surface area contributed by atoms with Gasteiger partial charge in [-0.05, 0) is 36.8 Å². The van der Waals surface area contributed by atoms with Crippen LogP contribution in [0.5, 0.6) is 5.75 Å². The number of hydrogen-bond acceptors (Lipinski definition) is 6. The Hall–Kier alpha value is -4.66. The molecule has 0 fully saturated rings. The molecule has 0 aliphatic carbocycles. The molecule has 0 saturated heterocycles. The van der Waals surface area contributed by atoms with Crippen LogP contribution in [-0.2, 0) is 19.1 Å². The SMILES string of the molecule is CC(NC(=O)c1ccccc1NC(=O)COC(=O)CC1Oc2ccccc2NC1=O)c1ccccc1. The largest absolute Gasteiger partial charge is 0.478 e. The molecule has 184 valence electrons. The third-order valence-corrected chi connectivity index (χ3v) is 5.52. The van der Waals surface area contributed by atoms with E-state index in [0.29, 0.717) is 11.4 Å². The van der Waals surface area contributed by atoms with Gasteiger partial charge in [-0.2, -0.15) is 0 Å². The fourth-order valence-corrected chi connectivity index (χ4v) is 3.66. The Bertz CT molecular complexity index is 1280. The van der Waals surface area contributed by atoms with E-state index in [2.05, 4.69) is 16.0 Å². The highest BCUT2D eigenvalue weighted by molar-refractivity contribution is 6.04. The van der Waals surface area contributed by atoms with Gasteiger partial charge in [-0.25, -0.2) is 0 Å². The first-order valence-electron chi connectivity index (χ1n) is 11.4. The van der Waals surface area contributed by atoms with Crippen molar-refractivity contribution >= 4 is 35.1 Å². The second kappa shape index (κ2) is 11.2. The van der Waals surface area contributed by atoms with Crippen molar-refractivity contribution < 1.29 is 28.7 Å². The highest BCUT2D eigenvalue weighted by Gasteiger charge is 2.30.